The molecule has 1 atom stereocenters. The van der Waals surface area contributed by atoms with Gasteiger partial charge in [0, 0.05) is 12.6 Å². The van der Waals surface area contributed by atoms with Gasteiger partial charge in [-0.25, -0.2) is 4.79 Å². The number of halogens is 2. The molecule has 1 amide bonds. The number of hydrogen-bond donors (Lipinski definition) is 0. The molecule has 2 aromatic rings. The van der Waals surface area contributed by atoms with Gasteiger partial charge in [-0.2, -0.15) is 0 Å². The van der Waals surface area contributed by atoms with Crippen molar-refractivity contribution in [2.24, 2.45) is 0 Å². The maximum Gasteiger partial charge on any atom is 0.565 e. The van der Waals surface area contributed by atoms with Gasteiger partial charge in [0.1, 0.15) is 4.92 Å². The molecule has 0 saturated heterocycles. The first-order chi connectivity index (χ1) is 12.2. The minimum absolute atomic E-state index is 0.000105. The maximum atomic E-state index is 14.7. The number of likely N-dealkylation sites (N-methyl/N-ethyl adjacent to an activating group) is 1. The molecule has 9 heteroatoms. The molecule has 2 aromatic carbocycles. The molecule has 0 fully saturated rings. The van der Waals surface area contributed by atoms with Crippen molar-refractivity contribution in [2.75, 3.05) is 11.9 Å². The van der Waals surface area contributed by atoms with Crippen molar-refractivity contribution in [3.8, 4) is 0 Å². The van der Waals surface area contributed by atoms with Crippen LogP contribution < -0.4 is 4.90 Å². The second-order valence-electron chi connectivity index (χ2n) is 5.62. The minimum Gasteiger partial charge on any atom is -0.426 e. The van der Waals surface area contributed by atoms with E-state index in [4.69, 9.17) is 4.74 Å². The molecule has 0 aromatic heterocycles. The number of para-hydroxylation sites is 1. The van der Waals surface area contributed by atoms with E-state index in [9.17, 15) is 28.5 Å². The zero-order valence-electron chi connectivity index (χ0n) is 13.4. The van der Waals surface area contributed by atoms with Crippen LogP contribution in [0.25, 0.3) is 0 Å². The molecule has 3 rings (SSSR count). The molecule has 26 heavy (non-hydrogen) atoms. The van der Waals surface area contributed by atoms with Gasteiger partial charge in [-0.15, -0.1) is 8.78 Å². The molecule has 0 N–H and O–H groups in total. The van der Waals surface area contributed by atoms with Crippen molar-refractivity contribution < 1.29 is 28.0 Å². The number of alkyl halides is 2. The SMILES string of the molecule is CN1C(=O)C(OC(=O)c2ccccc2)(C(F)(F)[N+](=O)[O-])c2ccccc21. The molecule has 1 aliphatic rings. The third-order valence-corrected chi connectivity index (χ3v) is 4.16. The number of esters is 1. The van der Waals surface area contributed by atoms with Crippen LogP contribution in [0.5, 0.6) is 0 Å². The maximum absolute atomic E-state index is 14.7. The summed E-state index contributed by atoms with van der Waals surface area (Å²) >= 11 is 0. The molecule has 0 bridgehead atoms. The van der Waals surface area contributed by atoms with Crippen LogP contribution in [0.2, 0.25) is 0 Å². The van der Waals surface area contributed by atoms with E-state index in [0.717, 1.165) is 11.0 Å². The van der Waals surface area contributed by atoms with Crippen LogP contribution in [0.15, 0.2) is 54.6 Å². The fraction of sp³-hybridized carbons (Fsp3) is 0.176. The predicted molar refractivity (Wildman–Crippen MR) is 85.3 cm³/mol. The fourth-order valence-corrected chi connectivity index (χ4v) is 2.88. The summed E-state index contributed by atoms with van der Waals surface area (Å²) in [5.41, 5.74) is -3.96. The third-order valence-electron chi connectivity index (χ3n) is 4.16. The standard InChI is InChI=1S/C17H12F2N2O5/c1-20-13-10-6-5-9-12(13)16(15(20)23,17(18,19)21(24)25)26-14(22)11-7-3-2-4-8-11/h2-10H,1H3. The first-order valence-corrected chi connectivity index (χ1v) is 7.42. The highest BCUT2D eigenvalue weighted by Gasteiger charge is 2.77. The van der Waals surface area contributed by atoms with Gasteiger partial charge in [0.05, 0.1) is 11.3 Å². The third kappa shape index (κ3) is 2.24. The second kappa shape index (κ2) is 5.87. The van der Waals surface area contributed by atoms with Crippen LogP contribution in [0.3, 0.4) is 0 Å². The molecule has 0 saturated carbocycles. The van der Waals surface area contributed by atoms with Crippen LogP contribution >= 0.6 is 0 Å². The number of carbonyl (C=O) groups excluding carboxylic acids is 2. The van der Waals surface area contributed by atoms with E-state index in [1.54, 1.807) is 6.07 Å². The number of fused-ring (bicyclic) bond motifs is 1. The number of amides is 1. The Balaban J connectivity index is 2.21. The summed E-state index contributed by atoms with van der Waals surface area (Å²) in [5, 5.41) is 11.1. The van der Waals surface area contributed by atoms with Crippen LogP contribution in [-0.2, 0) is 15.1 Å². The zero-order chi connectivity index (χ0) is 19.1. The number of anilines is 1. The summed E-state index contributed by atoms with van der Waals surface area (Å²) in [5.74, 6) is -2.67. The summed E-state index contributed by atoms with van der Waals surface area (Å²) in [6.45, 7) is 0. The van der Waals surface area contributed by atoms with Gasteiger partial charge in [0.15, 0.2) is 0 Å². The Morgan fingerprint density at radius 3 is 2.35 bits per heavy atom. The molecule has 7 nitrogen and oxygen atoms in total. The van der Waals surface area contributed by atoms with E-state index in [0.29, 0.717) is 0 Å². The molecule has 1 heterocycles. The van der Waals surface area contributed by atoms with E-state index in [2.05, 4.69) is 0 Å². The van der Waals surface area contributed by atoms with Crippen molar-refractivity contribution in [1.82, 2.24) is 0 Å². The lowest BCUT2D eigenvalue weighted by Crippen LogP contribution is -2.58. The number of nitrogens with zero attached hydrogens (tertiary/aromatic N) is 2. The Morgan fingerprint density at radius 1 is 1.15 bits per heavy atom. The number of nitro groups is 1. The average molecular weight is 362 g/mol. The average Bonchev–Trinajstić information content (AvgIpc) is 2.85. The van der Waals surface area contributed by atoms with Gasteiger partial charge in [0.2, 0.25) is 0 Å². The Hall–Kier alpha value is -3.36. The van der Waals surface area contributed by atoms with Gasteiger partial charge in [0.25, 0.3) is 5.91 Å². The predicted octanol–water partition coefficient (Wildman–Crippen LogP) is 2.58. The Bertz CT molecular complexity index is 903. The Kier molecular flexibility index (Phi) is 3.94. The molecular formula is C17H12F2N2O5. The second-order valence-corrected chi connectivity index (χ2v) is 5.62. The van der Waals surface area contributed by atoms with Gasteiger partial charge in [-0.05, 0) is 18.2 Å². The van der Waals surface area contributed by atoms with Crippen LogP contribution in [0.4, 0.5) is 14.5 Å². The van der Waals surface area contributed by atoms with E-state index in [1.165, 1.54) is 49.5 Å². The molecular weight excluding hydrogens is 350 g/mol. The number of ether oxygens (including phenoxy) is 1. The smallest absolute Gasteiger partial charge is 0.426 e. The van der Waals surface area contributed by atoms with Crippen LogP contribution in [-0.4, -0.2) is 29.9 Å². The monoisotopic (exact) mass is 362 g/mol. The largest absolute Gasteiger partial charge is 0.565 e. The van der Waals surface area contributed by atoms with Gasteiger partial charge in [-0.1, -0.05) is 36.4 Å². The van der Waals surface area contributed by atoms with E-state index >= 15 is 0 Å². The van der Waals surface area contributed by atoms with Crippen molar-refractivity contribution in [2.45, 2.75) is 11.6 Å². The van der Waals surface area contributed by atoms with Gasteiger partial charge < -0.3 is 9.64 Å². The molecule has 0 spiro atoms. The topological polar surface area (TPSA) is 89.8 Å². The highest BCUT2D eigenvalue weighted by Crippen LogP contribution is 2.51. The number of hydrogen-bond acceptors (Lipinski definition) is 5. The number of benzene rings is 2. The van der Waals surface area contributed by atoms with Gasteiger partial charge in [-0.3, -0.25) is 14.9 Å². The molecule has 1 aliphatic heterocycles. The number of carbonyl (C=O) groups is 2. The highest BCUT2D eigenvalue weighted by atomic mass is 19.3. The summed E-state index contributed by atoms with van der Waals surface area (Å²) in [6, 6.07) is 7.45. The quantitative estimate of drug-likeness (QED) is 0.361. The Labute approximate surface area is 145 Å². The summed E-state index contributed by atoms with van der Waals surface area (Å²) < 4.78 is 34.2. The van der Waals surface area contributed by atoms with Crippen LogP contribution in [0.1, 0.15) is 15.9 Å². The van der Waals surface area contributed by atoms with Crippen molar-refractivity contribution in [3.63, 3.8) is 0 Å². The van der Waals surface area contributed by atoms with E-state index in [-0.39, 0.29) is 11.3 Å². The zero-order valence-corrected chi connectivity index (χ0v) is 13.4. The highest BCUT2D eigenvalue weighted by molar-refractivity contribution is 6.09. The Morgan fingerprint density at radius 2 is 1.73 bits per heavy atom. The summed E-state index contributed by atoms with van der Waals surface area (Å²) in [7, 11) is 1.18. The minimum atomic E-state index is -4.88. The first kappa shape index (κ1) is 17.5. The molecule has 1 unspecified atom stereocenters. The van der Waals surface area contributed by atoms with Crippen molar-refractivity contribution in [3.05, 3.63) is 75.8 Å². The first-order valence-electron chi connectivity index (χ1n) is 7.42. The lowest BCUT2D eigenvalue weighted by Gasteiger charge is -2.28. The molecule has 134 valence electrons. The van der Waals surface area contributed by atoms with Crippen molar-refractivity contribution in [1.29, 1.82) is 0 Å². The normalized spacial score (nSPS) is 19.2. The lowest BCUT2D eigenvalue weighted by molar-refractivity contribution is -0.666. The van der Waals surface area contributed by atoms with E-state index < -0.39 is 34.0 Å². The van der Waals surface area contributed by atoms with Gasteiger partial charge >= 0.3 is 17.6 Å². The van der Waals surface area contributed by atoms with Crippen LogP contribution in [0, 0.1) is 10.1 Å². The fourth-order valence-electron chi connectivity index (χ4n) is 2.88. The lowest BCUT2D eigenvalue weighted by atomic mass is 9.92. The molecule has 0 aliphatic carbocycles. The van der Waals surface area contributed by atoms with Crippen molar-refractivity contribution >= 4 is 17.6 Å². The number of rotatable bonds is 4. The van der Waals surface area contributed by atoms with E-state index in [1.807, 2.05) is 0 Å². The molecule has 0 radical (unpaired) electrons. The summed E-state index contributed by atoms with van der Waals surface area (Å²) in [4.78, 5) is 35.0. The summed E-state index contributed by atoms with van der Waals surface area (Å²) in [6.07, 6.45) is 0.